The molecule has 138 valence electrons. The van der Waals surface area contributed by atoms with Crippen LogP contribution in [0.2, 0.25) is 5.02 Å². The van der Waals surface area contributed by atoms with Crippen molar-refractivity contribution in [2.75, 3.05) is 18.2 Å². The third-order valence-corrected chi connectivity index (χ3v) is 4.07. The minimum absolute atomic E-state index is 0.224. The second-order valence-electron chi connectivity index (χ2n) is 5.80. The summed E-state index contributed by atoms with van der Waals surface area (Å²) >= 11 is 5.94. The van der Waals surface area contributed by atoms with E-state index in [1.165, 1.54) is 6.20 Å². The van der Waals surface area contributed by atoms with Crippen LogP contribution in [0.3, 0.4) is 0 Å². The molecule has 1 amide bonds. The van der Waals surface area contributed by atoms with Gasteiger partial charge in [-0.3, -0.25) is 4.79 Å². The van der Waals surface area contributed by atoms with Crippen LogP contribution in [-0.4, -0.2) is 18.0 Å². The van der Waals surface area contributed by atoms with E-state index in [0.29, 0.717) is 33.5 Å². The number of ether oxygens (including phenoxy) is 2. The maximum absolute atomic E-state index is 12.5. The lowest BCUT2D eigenvalue weighted by molar-refractivity contribution is 0.102. The zero-order valence-electron chi connectivity index (χ0n) is 14.8. The number of nitrogen functional groups attached to an aromatic ring is 1. The molecule has 0 saturated heterocycles. The molecular weight excluding hydrogens is 366 g/mol. The van der Waals surface area contributed by atoms with Crippen molar-refractivity contribution in [3.63, 3.8) is 0 Å². The maximum atomic E-state index is 12.5. The van der Waals surface area contributed by atoms with E-state index in [9.17, 15) is 4.79 Å². The van der Waals surface area contributed by atoms with Crippen LogP contribution in [0.15, 0.2) is 54.7 Å². The highest BCUT2D eigenvalue weighted by atomic mass is 35.5. The number of hydrogen-bond acceptors (Lipinski definition) is 5. The Kier molecular flexibility index (Phi) is 5.47. The van der Waals surface area contributed by atoms with Gasteiger partial charge >= 0.3 is 0 Å². The monoisotopic (exact) mass is 383 g/mol. The molecule has 0 aliphatic heterocycles. The Morgan fingerprint density at radius 1 is 1.15 bits per heavy atom. The number of anilines is 2. The second kappa shape index (κ2) is 7.97. The van der Waals surface area contributed by atoms with Gasteiger partial charge in [0.25, 0.3) is 5.91 Å². The predicted octanol–water partition coefficient (Wildman–Crippen LogP) is 4.68. The lowest BCUT2D eigenvalue weighted by atomic mass is 10.1. The van der Waals surface area contributed by atoms with Crippen molar-refractivity contribution in [2.24, 2.45) is 0 Å². The zero-order chi connectivity index (χ0) is 19.4. The number of halogens is 1. The molecule has 0 spiro atoms. The van der Waals surface area contributed by atoms with Gasteiger partial charge in [0.05, 0.1) is 12.1 Å². The lowest BCUT2D eigenvalue weighted by Gasteiger charge is -2.13. The first-order chi connectivity index (χ1) is 13.0. The number of benzene rings is 2. The van der Waals surface area contributed by atoms with Crippen LogP contribution in [0.4, 0.5) is 11.5 Å². The van der Waals surface area contributed by atoms with Crippen LogP contribution in [0, 0.1) is 6.92 Å². The number of aromatic nitrogens is 1. The number of aryl methyl sites for hydroxylation is 1. The molecule has 0 aliphatic carbocycles. The summed E-state index contributed by atoms with van der Waals surface area (Å²) in [4.78, 5) is 16.5. The van der Waals surface area contributed by atoms with E-state index in [0.717, 1.165) is 5.56 Å². The highest BCUT2D eigenvalue weighted by Gasteiger charge is 2.11. The van der Waals surface area contributed by atoms with E-state index in [1.807, 2.05) is 13.0 Å². The van der Waals surface area contributed by atoms with Gasteiger partial charge < -0.3 is 20.5 Å². The first-order valence-corrected chi connectivity index (χ1v) is 8.49. The van der Waals surface area contributed by atoms with E-state index < -0.39 is 0 Å². The number of methoxy groups -OCH3 is 1. The van der Waals surface area contributed by atoms with Crippen molar-refractivity contribution in [2.45, 2.75) is 6.92 Å². The molecule has 0 bridgehead atoms. The summed E-state index contributed by atoms with van der Waals surface area (Å²) < 4.78 is 10.9. The van der Waals surface area contributed by atoms with Crippen LogP contribution >= 0.6 is 11.6 Å². The molecular formula is C20H18ClN3O3. The van der Waals surface area contributed by atoms with Crippen LogP contribution in [0.5, 0.6) is 17.2 Å². The van der Waals surface area contributed by atoms with Gasteiger partial charge in [0.15, 0.2) is 11.6 Å². The summed E-state index contributed by atoms with van der Waals surface area (Å²) in [6.45, 7) is 1.89. The van der Waals surface area contributed by atoms with Crippen LogP contribution in [0.1, 0.15) is 15.9 Å². The predicted molar refractivity (Wildman–Crippen MR) is 106 cm³/mol. The largest absolute Gasteiger partial charge is 0.497 e. The first-order valence-electron chi connectivity index (χ1n) is 8.11. The number of amides is 1. The molecule has 0 unspecified atom stereocenters. The molecule has 0 saturated carbocycles. The van der Waals surface area contributed by atoms with E-state index in [1.54, 1.807) is 49.6 Å². The van der Waals surface area contributed by atoms with Crippen molar-refractivity contribution in [3.05, 3.63) is 70.9 Å². The fourth-order valence-corrected chi connectivity index (χ4v) is 2.55. The average molecular weight is 384 g/mol. The standard InChI is InChI=1S/C20H18ClN3O3/c1-12-6-7-16(27-18-9-14(21)11-23-19(18)22)10-17(12)24-20(25)13-4-3-5-15(8-13)26-2/h3-11H,1-2H3,(H2,22,23)(H,24,25). The van der Waals surface area contributed by atoms with Crippen molar-refractivity contribution >= 4 is 29.0 Å². The van der Waals surface area contributed by atoms with Gasteiger partial charge in [0.2, 0.25) is 0 Å². The smallest absolute Gasteiger partial charge is 0.255 e. The molecule has 0 radical (unpaired) electrons. The first kappa shape index (κ1) is 18.5. The highest BCUT2D eigenvalue weighted by molar-refractivity contribution is 6.30. The number of nitrogens with one attached hydrogen (secondary N) is 1. The van der Waals surface area contributed by atoms with Gasteiger partial charge in [-0.1, -0.05) is 23.7 Å². The van der Waals surface area contributed by atoms with Crippen molar-refractivity contribution in [1.82, 2.24) is 4.98 Å². The molecule has 0 atom stereocenters. The Morgan fingerprint density at radius 2 is 1.96 bits per heavy atom. The molecule has 3 rings (SSSR count). The molecule has 27 heavy (non-hydrogen) atoms. The van der Waals surface area contributed by atoms with Crippen LogP contribution < -0.4 is 20.5 Å². The molecule has 6 nitrogen and oxygen atoms in total. The summed E-state index contributed by atoms with van der Waals surface area (Å²) in [5, 5.41) is 3.30. The van der Waals surface area contributed by atoms with Crippen molar-refractivity contribution < 1.29 is 14.3 Å². The van der Waals surface area contributed by atoms with Crippen LogP contribution in [-0.2, 0) is 0 Å². The van der Waals surface area contributed by atoms with Gasteiger partial charge in [0.1, 0.15) is 11.5 Å². The van der Waals surface area contributed by atoms with E-state index in [2.05, 4.69) is 10.3 Å². The van der Waals surface area contributed by atoms with E-state index in [4.69, 9.17) is 26.8 Å². The molecule has 1 aromatic heterocycles. The Hall–Kier alpha value is -3.25. The number of carbonyl (C=O) groups excluding carboxylic acids is 1. The Balaban J connectivity index is 1.82. The molecule has 2 aromatic carbocycles. The summed E-state index contributed by atoms with van der Waals surface area (Å²) in [6.07, 6.45) is 1.44. The Bertz CT molecular complexity index is 992. The van der Waals surface area contributed by atoms with E-state index in [-0.39, 0.29) is 11.7 Å². The average Bonchev–Trinajstić information content (AvgIpc) is 2.67. The Morgan fingerprint density at radius 3 is 2.74 bits per heavy atom. The summed E-state index contributed by atoms with van der Waals surface area (Å²) in [5.41, 5.74) is 7.81. The summed E-state index contributed by atoms with van der Waals surface area (Å²) in [7, 11) is 1.55. The van der Waals surface area contributed by atoms with E-state index >= 15 is 0 Å². The number of rotatable bonds is 5. The van der Waals surface area contributed by atoms with Gasteiger partial charge in [-0.25, -0.2) is 4.98 Å². The molecule has 3 N–H and O–H groups in total. The Labute approximate surface area is 161 Å². The number of nitrogens with zero attached hydrogens (tertiary/aromatic N) is 1. The highest BCUT2D eigenvalue weighted by Crippen LogP contribution is 2.31. The number of carbonyl (C=O) groups is 1. The molecule has 0 fully saturated rings. The van der Waals surface area contributed by atoms with Crippen molar-refractivity contribution in [1.29, 1.82) is 0 Å². The third-order valence-electron chi connectivity index (χ3n) is 3.87. The molecule has 7 heteroatoms. The minimum Gasteiger partial charge on any atom is -0.497 e. The number of nitrogens with two attached hydrogens (primary N) is 1. The topological polar surface area (TPSA) is 86.5 Å². The normalized spacial score (nSPS) is 10.3. The second-order valence-corrected chi connectivity index (χ2v) is 6.24. The fourth-order valence-electron chi connectivity index (χ4n) is 2.40. The van der Waals surface area contributed by atoms with Gasteiger partial charge in [-0.2, -0.15) is 0 Å². The maximum Gasteiger partial charge on any atom is 0.255 e. The zero-order valence-corrected chi connectivity index (χ0v) is 15.6. The third kappa shape index (κ3) is 4.48. The number of hydrogen-bond donors (Lipinski definition) is 2. The van der Waals surface area contributed by atoms with Gasteiger partial charge in [-0.05, 0) is 36.8 Å². The summed E-state index contributed by atoms with van der Waals surface area (Å²) in [6, 6.07) is 13.8. The van der Waals surface area contributed by atoms with Crippen molar-refractivity contribution in [3.8, 4) is 17.2 Å². The molecule has 3 aromatic rings. The van der Waals surface area contributed by atoms with Crippen LogP contribution in [0.25, 0.3) is 0 Å². The number of pyridine rings is 1. The van der Waals surface area contributed by atoms with Gasteiger partial charge in [0, 0.05) is 29.6 Å². The fraction of sp³-hybridized carbons (Fsp3) is 0.100. The SMILES string of the molecule is COc1cccc(C(=O)Nc2cc(Oc3cc(Cl)cnc3N)ccc2C)c1. The lowest BCUT2D eigenvalue weighted by Crippen LogP contribution is -2.12. The molecule has 0 aliphatic rings. The van der Waals surface area contributed by atoms with Gasteiger partial charge in [-0.15, -0.1) is 0 Å². The summed E-state index contributed by atoms with van der Waals surface area (Å²) in [5.74, 6) is 1.43. The minimum atomic E-state index is -0.252. The molecule has 1 heterocycles. The quantitative estimate of drug-likeness (QED) is 0.668.